The van der Waals surface area contributed by atoms with Crippen molar-refractivity contribution in [1.29, 1.82) is 0 Å². The van der Waals surface area contributed by atoms with Crippen LogP contribution in [0.2, 0.25) is 0 Å². The third kappa shape index (κ3) is 2.88. The molecule has 2 aromatic carbocycles. The van der Waals surface area contributed by atoms with E-state index >= 15 is 0 Å². The van der Waals surface area contributed by atoms with Crippen LogP contribution in [0, 0.1) is 10.1 Å². The van der Waals surface area contributed by atoms with Gasteiger partial charge in [-0.25, -0.2) is 8.42 Å². The zero-order valence-electron chi connectivity index (χ0n) is 12.5. The van der Waals surface area contributed by atoms with Crippen LogP contribution in [-0.2, 0) is 10.0 Å². The standard InChI is InChI=1S/C15H13N3O5S/c1-23-14-5-3-12(18(19)20)9-15(14)24(21,22)17-11-2-4-13-10(8-11)6-7-16-13/h2-9,16-17H,1H3. The maximum Gasteiger partial charge on any atom is 0.271 e. The summed E-state index contributed by atoms with van der Waals surface area (Å²) >= 11 is 0. The second kappa shape index (κ2) is 5.85. The number of nitrogens with zero attached hydrogens (tertiary/aromatic N) is 1. The van der Waals surface area contributed by atoms with Crippen LogP contribution >= 0.6 is 0 Å². The lowest BCUT2D eigenvalue weighted by atomic mass is 10.2. The quantitative estimate of drug-likeness (QED) is 0.544. The van der Waals surface area contributed by atoms with Crippen molar-refractivity contribution < 1.29 is 18.1 Å². The van der Waals surface area contributed by atoms with Crippen LogP contribution in [0.15, 0.2) is 53.6 Å². The number of non-ortho nitro benzene ring substituents is 1. The Morgan fingerprint density at radius 3 is 2.67 bits per heavy atom. The van der Waals surface area contributed by atoms with Gasteiger partial charge in [-0.2, -0.15) is 0 Å². The van der Waals surface area contributed by atoms with E-state index < -0.39 is 14.9 Å². The Balaban J connectivity index is 2.03. The average Bonchev–Trinajstić information content (AvgIpc) is 3.01. The van der Waals surface area contributed by atoms with Crippen molar-refractivity contribution in [3.63, 3.8) is 0 Å². The van der Waals surface area contributed by atoms with E-state index in [4.69, 9.17) is 4.74 Å². The molecule has 1 heterocycles. The molecule has 0 atom stereocenters. The Morgan fingerprint density at radius 1 is 1.17 bits per heavy atom. The van der Waals surface area contributed by atoms with Crippen LogP contribution in [0.3, 0.4) is 0 Å². The summed E-state index contributed by atoms with van der Waals surface area (Å²) in [6, 6.07) is 10.2. The van der Waals surface area contributed by atoms with Crippen molar-refractivity contribution in [3.05, 3.63) is 58.8 Å². The largest absolute Gasteiger partial charge is 0.495 e. The second-order valence-electron chi connectivity index (χ2n) is 4.98. The molecule has 9 heteroatoms. The van der Waals surface area contributed by atoms with Crippen molar-refractivity contribution in [2.24, 2.45) is 0 Å². The molecule has 0 aliphatic heterocycles. The molecule has 0 radical (unpaired) electrons. The second-order valence-corrected chi connectivity index (χ2v) is 6.63. The van der Waals surface area contributed by atoms with E-state index in [1.165, 1.54) is 19.2 Å². The lowest BCUT2D eigenvalue weighted by molar-refractivity contribution is -0.385. The molecule has 0 aliphatic rings. The molecule has 0 saturated heterocycles. The molecule has 24 heavy (non-hydrogen) atoms. The fourth-order valence-corrected chi connectivity index (χ4v) is 3.56. The predicted molar refractivity (Wildman–Crippen MR) is 88.8 cm³/mol. The smallest absolute Gasteiger partial charge is 0.271 e. The zero-order valence-corrected chi connectivity index (χ0v) is 13.3. The highest BCUT2D eigenvalue weighted by molar-refractivity contribution is 7.92. The first-order chi connectivity index (χ1) is 11.4. The maximum atomic E-state index is 12.6. The number of benzene rings is 2. The SMILES string of the molecule is COc1ccc([N+](=O)[O-])cc1S(=O)(=O)Nc1ccc2[nH]ccc2c1. The first-order valence-electron chi connectivity index (χ1n) is 6.83. The molecule has 124 valence electrons. The monoisotopic (exact) mass is 347 g/mol. The molecule has 3 rings (SSSR count). The highest BCUT2D eigenvalue weighted by Gasteiger charge is 2.23. The topological polar surface area (TPSA) is 114 Å². The summed E-state index contributed by atoms with van der Waals surface area (Å²) < 4.78 is 32.6. The summed E-state index contributed by atoms with van der Waals surface area (Å²) in [5, 5.41) is 11.7. The maximum absolute atomic E-state index is 12.6. The summed E-state index contributed by atoms with van der Waals surface area (Å²) in [7, 11) is -2.76. The van der Waals surface area contributed by atoms with Gasteiger partial charge >= 0.3 is 0 Å². The molecule has 0 bridgehead atoms. The number of nitrogens with one attached hydrogen (secondary N) is 2. The molecule has 0 spiro atoms. The van der Waals surface area contributed by atoms with Crippen molar-refractivity contribution in [1.82, 2.24) is 4.98 Å². The van der Waals surface area contributed by atoms with Crippen LogP contribution in [-0.4, -0.2) is 25.4 Å². The lowest BCUT2D eigenvalue weighted by Crippen LogP contribution is -2.14. The van der Waals surface area contributed by atoms with Crippen molar-refractivity contribution in [2.75, 3.05) is 11.8 Å². The Kier molecular flexibility index (Phi) is 3.86. The number of aromatic amines is 1. The number of anilines is 1. The predicted octanol–water partition coefficient (Wildman–Crippen LogP) is 2.89. The number of sulfonamides is 1. The van der Waals surface area contributed by atoms with E-state index in [2.05, 4.69) is 9.71 Å². The minimum atomic E-state index is -4.05. The number of fused-ring (bicyclic) bond motifs is 1. The molecule has 2 N–H and O–H groups in total. The Labute approximate surface area is 137 Å². The van der Waals surface area contributed by atoms with Gasteiger partial charge in [-0.1, -0.05) is 0 Å². The average molecular weight is 347 g/mol. The molecule has 0 fully saturated rings. The molecule has 8 nitrogen and oxygen atoms in total. The van der Waals surface area contributed by atoms with Crippen LogP contribution in [0.4, 0.5) is 11.4 Å². The number of methoxy groups -OCH3 is 1. The fourth-order valence-electron chi connectivity index (χ4n) is 2.32. The molecule has 0 amide bonds. The molecular formula is C15H13N3O5S. The number of hydrogen-bond donors (Lipinski definition) is 2. The molecule has 0 saturated carbocycles. The summed E-state index contributed by atoms with van der Waals surface area (Å²) in [5.74, 6) is 0.0239. The van der Waals surface area contributed by atoms with Crippen molar-refractivity contribution in [2.45, 2.75) is 4.90 Å². The van der Waals surface area contributed by atoms with Gasteiger partial charge < -0.3 is 9.72 Å². The minimum Gasteiger partial charge on any atom is -0.495 e. The minimum absolute atomic E-state index is 0.0239. The van der Waals surface area contributed by atoms with Gasteiger partial charge in [0.15, 0.2) is 0 Å². The third-order valence-electron chi connectivity index (χ3n) is 3.45. The van der Waals surface area contributed by atoms with Gasteiger partial charge in [-0.3, -0.25) is 14.8 Å². The molecular weight excluding hydrogens is 334 g/mol. The normalized spacial score (nSPS) is 11.4. The zero-order chi connectivity index (χ0) is 17.3. The molecule has 0 aliphatic carbocycles. The first kappa shape index (κ1) is 15.8. The van der Waals surface area contributed by atoms with Gasteiger partial charge in [0.1, 0.15) is 10.6 Å². The molecule has 3 aromatic rings. The first-order valence-corrected chi connectivity index (χ1v) is 8.31. The lowest BCUT2D eigenvalue weighted by Gasteiger charge is -2.11. The van der Waals surface area contributed by atoms with Crippen molar-refractivity contribution >= 4 is 32.3 Å². The van der Waals surface area contributed by atoms with E-state index in [1.807, 2.05) is 0 Å². The highest BCUT2D eigenvalue weighted by atomic mass is 32.2. The van der Waals surface area contributed by atoms with Crippen LogP contribution in [0.5, 0.6) is 5.75 Å². The number of hydrogen-bond acceptors (Lipinski definition) is 5. The van der Waals surface area contributed by atoms with Crippen molar-refractivity contribution in [3.8, 4) is 5.75 Å². The van der Waals surface area contributed by atoms with Gasteiger partial charge in [-0.15, -0.1) is 0 Å². The van der Waals surface area contributed by atoms with Gasteiger partial charge in [0.25, 0.3) is 15.7 Å². The van der Waals surface area contributed by atoms with Gasteiger partial charge in [-0.05, 0) is 30.3 Å². The van der Waals surface area contributed by atoms with Crippen LogP contribution < -0.4 is 9.46 Å². The van der Waals surface area contributed by atoms with E-state index in [0.29, 0.717) is 5.69 Å². The summed E-state index contributed by atoms with van der Waals surface area (Å²) in [6.07, 6.45) is 1.74. The number of rotatable bonds is 5. The molecule has 1 aromatic heterocycles. The third-order valence-corrected chi connectivity index (χ3v) is 4.86. The molecule has 0 unspecified atom stereocenters. The van der Waals surface area contributed by atoms with Gasteiger partial charge in [0.2, 0.25) is 0 Å². The highest BCUT2D eigenvalue weighted by Crippen LogP contribution is 2.30. The number of ether oxygens (including phenoxy) is 1. The Bertz CT molecular complexity index is 1030. The van der Waals surface area contributed by atoms with Crippen LogP contribution in [0.1, 0.15) is 0 Å². The number of aromatic nitrogens is 1. The van der Waals surface area contributed by atoms with Gasteiger partial charge in [0, 0.05) is 34.9 Å². The summed E-state index contributed by atoms with van der Waals surface area (Å²) in [4.78, 5) is 12.9. The summed E-state index contributed by atoms with van der Waals surface area (Å²) in [5.41, 5.74) is 0.874. The van der Waals surface area contributed by atoms with E-state index in [-0.39, 0.29) is 16.3 Å². The fraction of sp³-hybridized carbons (Fsp3) is 0.0667. The van der Waals surface area contributed by atoms with Gasteiger partial charge in [0.05, 0.1) is 12.0 Å². The Hall–Kier alpha value is -3.07. The van der Waals surface area contributed by atoms with Crippen LogP contribution in [0.25, 0.3) is 10.9 Å². The summed E-state index contributed by atoms with van der Waals surface area (Å²) in [6.45, 7) is 0. The van der Waals surface area contributed by atoms with E-state index in [9.17, 15) is 18.5 Å². The number of H-pyrrole nitrogens is 1. The Morgan fingerprint density at radius 2 is 1.96 bits per heavy atom. The number of nitro benzene ring substituents is 1. The number of nitro groups is 1. The van der Waals surface area contributed by atoms with E-state index in [0.717, 1.165) is 17.0 Å². The van der Waals surface area contributed by atoms with E-state index in [1.54, 1.807) is 30.5 Å².